The van der Waals surface area contributed by atoms with Gasteiger partial charge in [-0.1, -0.05) is 0 Å². The number of nitrogens with zero attached hydrogens (tertiary/aromatic N) is 2. The number of anilines is 3. The van der Waals surface area contributed by atoms with Crippen LogP contribution in [-0.2, 0) is 11.3 Å². The molecule has 3 rings (SSSR count). The minimum absolute atomic E-state index is 0.0319. The van der Waals surface area contributed by atoms with Crippen molar-refractivity contribution in [2.24, 2.45) is 0 Å². The molecule has 1 amide bonds. The molecule has 110 valence electrons. The lowest BCUT2D eigenvalue weighted by atomic mass is 10.2. The van der Waals surface area contributed by atoms with E-state index in [2.05, 4.69) is 15.6 Å². The van der Waals surface area contributed by atoms with E-state index in [0.29, 0.717) is 17.1 Å². The first-order chi connectivity index (χ1) is 10.2. The highest BCUT2D eigenvalue weighted by molar-refractivity contribution is 5.97. The van der Waals surface area contributed by atoms with Crippen molar-refractivity contribution in [3.8, 4) is 5.75 Å². The van der Waals surface area contributed by atoms with Crippen LogP contribution in [0.15, 0.2) is 30.9 Å². The van der Waals surface area contributed by atoms with Crippen LogP contribution in [0.1, 0.15) is 6.42 Å². The zero-order valence-electron chi connectivity index (χ0n) is 11.5. The molecule has 0 aliphatic carbocycles. The molecule has 0 unspecified atom stereocenters. The molecule has 1 aromatic heterocycles. The monoisotopic (exact) mass is 287 g/mol. The lowest BCUT2D eigenvalue weighted by Crippen LogP contribution is -2.25. The Labute approximate surface area is 122 Å². The maximum Gasteiger partial charge on any atom is 0.262 e. The van der Waals surface area contributed by atoms with Gasteiger partial charge in [0.15, 0.2) is 6.61 Å². The number of rotatable bonds is 5. The predicted molar refractivity (Wildman–Crippen MR) is 80.3 cm³/mol. The van der Waals surface area contributed by atoms with Crippen LogP contribution in [0.2, 0.25) is 0 Å². The van der Waals surface area contributed by atoms with Crippen molar-refractivity contribution in [2.75, 3.05) is 29.5 Å². The van der Waals surface area contributed by atoms with Crippen molar-refractivity contribution in [2.45, 2.75) is 13.0 Å². The molecule has 0 bridgehead atoms. The van der Waals surface area contributed by atoms with Crippen LogP contribution in [0, 0.1) is 0 Å². The Morgan fingerprint density at radius 1 is 1.48 bits per heavy atom. The third kappa shape index (κ3) is 3.07. The number of fused-ring (bicyclic) bond motifs is 1. The van der Waals surface area contributed by atoms with Crippen molar-refractivity contribution in [3.05, 3.63) is 30.9 Å². The largest absolute Gasteiger partial charge is 0.482 e. The average molecular weight is 287 g/mol. The Kier molecular flexibility index (Phi) is 3.63. The topological polar surface area (TPSA) is 94.2 Å². The zero-order chi connectivity index (χ0) is 14.7. The van der Waals surface area contributed by atoms with Gasteiger partial charge in [-0.05, 0) is 12.5 Å². The molecule has 2 heterocycles. The maximum atomic E-state index is 11.3. The molecule has 1 aromatic carbocycles. The van der Waals surface area contributed by atoms with Crippen molar-refractivity contribution in [3.63, 3.8) is 0 Å². The predicted octanol–water partition coefficient (Wildman–Crippen LogP) is 1.30. The SMILES string of the molecule is Nc1cc2c(cc1NCCCn1ccnc1)NC(=O)CO2. The zero-order valence-corrected chi connectivity index (χ0v) is 11.5. The Bertz CT molecular complexity index is 639. The molecular formula is C14H17N5O2. The first kappa shape index (κ1) is 13.3. The lowest BCUT2D eigenvalue weighted by molar-refractivity contribution is -0.118. The van der Waals surface area contributed by atoms with Gasteiger partial charge in [-0.15, -0.1) is 0 Å². The molecule has 7 heteroatoms. The van der Waals surface area contributed by atoms with E-state index in [4.69, 9.17) is 10.5 Å². The summed E-state index contributed by atoms with van der Waals surface area (Å²) in [5, 5.41) is 6.04. The summed E-state index contributed by atoms with van der Waals surface area (Å²) < 4.78 is 7.34. The summed E-state index contributed by atoms with van der Waals surface area (Å²) in [5.41, 5.74) is 8.04. The van der Waals surface area contributed by atoms with Gasteiger partial charge in [0.05, 0.1) is 23.4 Å². The van der Waals surface area contributed by atoms with Gasteiger partial charge in [-0.25, -0.2) is 4.98 Å². The number of imidazole rings is 1. The minimum atomic E-state index is -0.154. The summed E-state index contributed by atoms with van der Waals surface area (Å²) in [6.07, 6.45) is 6.42. The van der Waals surface area contributed by atoms with Crippen LogP contribution < -0.4 is 21.1 Å². The van der Waals surface area contributed by atoms with E-state index in [9.17, 15) is 4.79 Å². The van der Waals surface area contributed by atoms with Gasteiger partial charge in [-0.3, -0.25) is 4.79 Å². The molecular weight excluding hydrogens is 270 g/mol. The summed E-state index contributed by atoms with van der Waals surface area (Å²) in [7, 11) is 0. The minimum Gasteiger partial charge on any atom is -0.482 e. The van der Waals surface area contributed by atoms with Crippen LogP contribution >= 0.6 is 0 Å². The van der Waals surface area contributed by atoms with Crippen LogP contribution in [-0.4, -0.2) is 28.6 Å². The van der Waals surface area contributed by atoms with Gasteiger partial charge in [-0.2, -0.15) is 0 Å². The average Bonchev–Trinajstić information content (AvgIpc) is 2.97. The molecule has 21 heavy (non-hydrogen) atoms. The number of nitrogens with one attached hydrogen (secondary N) is 2. The van der Waals surface area contributed by atoms with E-state index >= 15 is 0 Å². The van der Waals surface area contributed by atoms with Gasteiger partial charge < -0.3 is 25.7 Å². The number of hydrogen-bond donors (Lipinski definition) is 3. The molecule has 0 saturated carbocycles. The number of aromatic nitrogens is 2. The Morgan fingerprint density at radius 2 is 2.38 bits per heavy atom. The smallest absolute Gasteiger partial charge is 0.262 e. The summed E-state index contributed by atoms with van der Waals surface area (Å²) in [5.74, 6) is 0.453. The fourth-order valence-electron chi connectivity index (χ4n) is 2.20. The van der Waals surface area contributed by atoms with E-state index in [1.165, 1.54) is 0 Å². The highest BCUT2D eigenvalue weighted by Gasteiger charge is 2.17. The highest BCUT2D eigenvalue weighted by atomic mass is 16.5. The van der Waals surface area contributed by atoms with Gasteiger partial charge in [0.2, 0.25) is 0 Å². The van der Waals surface area contributed by atoms with E-state index in [0.717, 1.165) is 25.2 Å². The molecule has 0 atom stereocenters. The standard InChI is InChI=1S/C14H17N5O2/c15-10-6-13-12(18-14(20)8-21-13)7-11(10)17-2-1-4-19-5-3-16-9-19/h3,5-7,9,17H,1-2,4,8,15H2,(H,18,20). The van der Waals surface area contributed by atoms with Crippen molar-refractivity contribution in [1.82, 2.24) is 9.55 Å². The number of amides is 1. The Morgan fingerprint density at radius 3 is 3.19 bits per heavy atom. The summed E-state index contributed by atoms with van der Waals surface area (Å²) in [4.78, 5) is 15.3. The van der Waals surface area contributed by atoms with E-state index in [-0.39, 0.29) is 12.5 Å². The lowest BCUT2D eigenvalue weighted by Gasteiger charge is -2.20. The second-order valence-corrected chi connectivity index (χ2v) is 4.85. The molecule has 0 spiro atoms. The second-order valence-electron chi connectivity index (χ2n) is 4.85. The molecule has 1 aliphatic rings. The molecule has 0 radical (unpaired) electrons. The number of benzene rings is 1. The molecule has 7 nitrogen and oxygen atoms in total. The Hall–Kier alpha value is -2.70. The van der Waals surface area contributed by atoms with Gasteiger partial charge in [0.1, 0.15) is 5.75 Å². The quantitative estimate of drug-likeness (QED) is 0.569. The molecule has 0 fully saturated rings. The van der Waals surface area contributed by atoms with Gasteiger partial charge in [0.25, 0.3) is 5.91 Å². The Balaban J connectivity index is 1.60. The fraction of sp³-hybridized carbons (Fsp3) is 0.286. The fourth-order valence-corrected chi connectivity index (χ4v) is 2.20. The number of hydrogen-bond acceptors (Lipinski definition) is 5. The number of carbonyl (C=O) groups excluding carboxylic acids is 1. The van der Waals surface area contributed by atoms with Crippen LogP contribution in [0.5, 0.6) is 5.75 Å². The number of carbonyl (C=O) groups is 1. The second kappa shape index (κ2) is 5.74. The normalized spacial score (nSPS) is 13.2. The molecule has 1 aliphatic heterocycles. The van der Waals surface area contributed by atoms with Crippen molar-refractivity contribution >= 4 is 23.0 Å². The van der Waals surface area contributed by atoms with Crippen molar-refractivity contribution in [1.29, 1.82) is 0 Å². The third-order valence-electron chi connectivity index (χ3n) is 3.25. The number of ether oxygens (including phenoxy) is 1. The molecule has 2 aromatic rings. The third-order valence-corrected chi connectivity index (χ3v) is 3.25. The van der Waals surface area contributed by atoms with Gasteiger partial charge in [0, 0.05) is 31.5 Å². The number of aryl methyl sites for hydroxylation is 1. The summed E-state index contributed by atoms with van der Waals surface area (Å²) in [6, 6.07) is 3.53. The molecule has 4 N–H and O–H groups in total. The summed E-state index contributed by atoms with van der Waals surface area (Å²) >= 11 is 0. The summed E-state index contributed by atoms with van der Waals surface area (Å²) in [6.45, 7) is 1.69. The number of nitrogen functional groups attached to an aromatic ring is 1. The van der Waals surface area contributed by atoms with E-state index in [1.807, 2.05) is 10.8 Å². The van der Waals surface area contributed by atoms with Crippen molar-refractivity contribution < 1.29 is 9.53 Å². The maximum absolute atomic E-state index is 11.3. The highest BCUT2D eigenvalue weighted by Crippen LogP contribution is 2.35. The van der Waals surface area contributed by atoms with E-state index in [1.54, 1.807) is 24.7 Å². The van der Waals surface area contributed by atoms with Crippen LogP contribution in [0.4, 0.5) is 17.1 Å². The van der Waals surface area contributed by atoms with Crippen LogP contribution in [0.25, 0.3) is 0 Å². The number of nitrogens with two attached hydrogens (primary N) is 1. The van der Waals surface area contributed by atoms with E-state index < -0.39 is 0 Å². The first-order valence-corrected chi connectivity index (χ1v) is 6.78. The van der Waals surface area contributed by atoms with Gasteiger partial charge >= 0.3 is 0 Å². The van der Waals surface area contributed by atoms with Crippen LogP contribution in [0.3, 0.4) is 0 Å². The first-order valence-electron chi connectivity index (χ1n) is 6.78. The molecule has 0 saturated heterocycles.